The zero-order chi connectivity index (χ0) is 23.0. The van der Waals surface area contributed by atoms with E-state index < -0.39 is 0 Å². The van der Waals surface area contributed by atoms with E-state index in [-0.39, 0.29) is 0 Å². The van der Waals surface area contributed by atoms with Crippen LogP contribution in [-0.2, 0) is 24.1 Å². The molecular formula is C27H34N4O2. The van der Waals surface area contributed by atoms with Gasteiger partial charge in [-0.1, -0.05) is 12.1 Å². The molecule has 0 unspecified atom stereocenters. The number of nitrogens with zero attached hydrogens (tertiary/aromatic N) is 4. The van der Waals surface area contributed by atoms with Crippen molar-refractivity contribution in [2.45, 2.75) is 45.1 Å². The second-order valence-electron chi connectivity index (χ2n) is 8.87. The molecule has 4 rings (SSSR count). The van der Waals surface area contributed by atoms with Crippen LogP contribution < -0.4 is 4.74 Å². The molecule has 2 aromatic heterocycles. The minimum absolute atomic E-state index is 0.512. The zero-order valence-electron chi connectivity index (χ0n) is 20.0. The number of hydrogen-bond acceptors (Lipinski definition) is 6. The van der Waals surface area contributed by atoms with Crippen molar-refractivity contribution in [3.63, 3.8) is 0 Å². The molecule has 3 heterocycles. The molecule has 1 saturated heterocycles. The second kappa shape index (κ2) is 11.3. The van der Waals surface area contributed by atoms with Crippen LogP contribution >= 0.6 is 0 Å². The first-order valence-corrected chi connectivity index (χ1v) is 11.7. The Bertz CT molecular complexity index is 1030. The summed E-state index contributed by atoms with van der Waals surface area (Å²) in [7, 11) is 3.41. The van der Waals surface area contributed by atoms with Gasteiger partial charge in [-0.3, -0.25) is 9.88 Å². The zero-order valence-corrected chi connectivity index (χ0v) is 20.0. The van der Waals surface area contributed by atoms with Crippen LogP contribution in [-0.4, -0.2) is 53.8 Å². The SMILES string of the molecule is COCCc1ncc(CN2CCC(c3cc(Cc4cccc(OC)c4)cc(C)n3)CC2)cn1. The highest BCUT2D eigenvalue weighted by Crippen LogP contribution is 2.29. The van der Waals surface area contributed by atoms with E-state index in [0.29, 0.717) is 12.5 Å². The lowest BCUT2D eigenvalue weighted by Crippen LogP contribution is -2.32. The van der Waals surface area contributed by atoms with Crippen LogP contribution in [0.25, 0.3) is 0 Å². The van der Waals surface area contributed by atoms with Crippen molar-refractivity contribution in [1.29, 1.82) is 0 Å². The number of aryl methyl sites for hydroxylation is 1. The topological polar surface area (TPSA) is 60.4 Å². The molecule has 1 aromatic carbocycles. The van der Waals surface area contributed by atoms with Gasteiger partial charge in [0.2, 0.25) is 0 Å². The van der Waals surface area contributed by atoms with Gasteiger partial charge >= 0.3 is 0 Å². The highest BCUT2D eigenvalue weighted by Gasteiger charge is 2.22. The lowest BCUT2D eigenvalue weighted by Gasteiger charge is -2.31. The van der Waals surface area contributed by atoms with Crippen molar-refractivity contribution in [3.8, 4) is 5.75 Å². The summed E-state index contributed by atoms with van der Waals surface area (Å²) in [5.41, 5.74) is 6.08. The third-order valence-electron chi connectivity index (χ3n) is 6.28. The van der Waals surface area contributed by atoms with Crippen LogP contribution in [0.5, 0.6) is 5.75 Å². The fourth-order valence-electron chi connectivity index (χ4n) is 4.53. The minimum Gasteiger partial charge on any atom is -0.497 e. The van der Waals surface area contributed by atoms with Gasteiger partial charge in [-0.25, -0.2) is 9.97 Å². The van der Waals surface area contributed by atoms with Gasteiger partial charge in [0, 0.05) is 55.3 Å². The Labute approximate surface area is 197 Å². The summed E-state index contributed by atoms with van der Waals surface area (Å²) in [5, 5.41) is 0. The van der Waals surface area contributed by atoms with E-state index in [0.717, 1.165) is 62.6 Å². The van der Waals surface area contributed by atoms with E-state index in [9.17, 15) is 0 Å². The number of hydrogen-bond donors (Lipinski definition) is 0. The molecule has 0 amide bonds. The normalized spacial score (nSPS) is 15.0. The molecule has 1 fully saturated rings. The molecule has 1 aliphatic rings. The predicted molar refractivity (Wildman–Crippen MR) is 130 cm³/mol. The van der Waals surface area contributed by atoms with E-state index in [1.54, 1.807) is 14.2 Å². The largest absolute Gasteiger partial charge is 0.497 e. The van der Waals surface area contributed by atoms with Gasteiger partial charge in [0.25, 0.3) is 0 Å². The van der Waals surface area contributed by atoms with Crippen molar-refractivity contribution in [3.05, 3.63) is 82.7 Å². The van der Waals surface area contributed by atoms with Crippen LogP contribution in [0, 0.1) is 6.92 Å². The highest BCUT2D eigenvalue weighted by molar-refractivity contribution is 5.34. The Morgan fingerprint density at radius 1 is 0.970 bits per heavy atom. The summed E-state index contributed by atoms with van der Waals surface area (Å²) in [6.45, 7) is 5.79. The lowest BCUT2D eigenvalue weighted by molar-refractivity contribution is 0.199. The summed E-state index contributed by atoms with van der Waals surface area (Å²) in [6, 6.07) is 12.8. The third kappa shape index (κ3) is 6.59. The Morgan fingerprint density at radius 2 is 1.76 bits per heavy atom. The summed E-state index contributed by atoms with van der Waals surface area (Å²) in [6.07, 6.45) is 7.82. The molecule has 0 bridgehead atoms. The van der Waals surface area contributed by atoms with Crippen molar-refractivity contribution in [2.24, 2.45) is 0 Å². The average Bonchev–Trinajstić information content (AvgIpc) is 2.84. The maximum absolute atomic E-state index is 5.38. The molecule has 0 saturated carbocycles. The van der Waals surface area contributed by atoms with Crippen LogP contribution in [0.1, 0.15) is 52.7 Å². The van der Waals surface area contributed by atoms with Gasteiger partial charge in [0.05, 0.1) is 13.7 Å². The maximum Gasteiger partial charge on any atom is 0.130 e. The molecule has 0 radical (unpaired) electrons. The number of rotatable bonds is 9. The smallest absolute Gasteiger partial charge is 0.130 e. The van der Waals surface area contributed by atoms with Gasteiger partial charge in [0.1, 0.15) is 11.6 Å². The number of pyridine rings is 1. The van der Waals surface area contributed by atoms with Crippen LogP contribution in [0.2, 0.25) is 0 Å². The molecule has 0 atom stereocenters. The van der Waals surface area contributed by atoms with E-state index >= 15 is 0 Å². The monoisotopic (exact) mass is 446 g/mol. The molecular weight excluding hydrogens is 412 g/mol. The van der Waals surface area contributed by atoms with Gasteiger partial charge in [-0.05, 0) is 74.7 Å². The fourth-order valence-corrected chi connectivity index (χ4v) is 4.53. The second-order valence-corrected chi connectivity index (χ2v) is 8.87. The summed E-state index contributed by atoms with van der Waals surface area (Å²) < 4.78 is 10.5. The first-order chi connectivity index (χ1) is 16.1. The first kappa shape index (κ1) is 23.3. The molecule has 0 aliphatic carbocycles. The fraction of sp³-hybridized carbons (Fsp3) is 0.444. The summed E-state index contributed by atoms with van der Waals surface area (Å²) in [4.78, 5) is 16.3. The number of ether oxygens (including phenoxy) is 2. The van der Waals surface area contributed by atoms with Crippen LogP contribution in [0.4, 0.5) is 0 Å². The number of methoxy groups -OCH3 is 2. The number of piperidine rings is 1. The van der Waals surface area contributed by atoms with Crippen molar-refractivity contribution >= 4 is 0 Å². The molecule has 3 aromatic rings. The quantitative estimate of drug-likeness (QED) is 0.487. The third-order valence-corrected chi connectivity index (χ3v) is 6.28. The van der Waals surface area contributed by atoms with E-state index in [1.807, 2.05) is 18.5 Å². The summed E-state index contributed by atoms with van der Waals surface area (Å²) in [5.74, 6) is 2.26. The van der Waals surface area contributed by atoms with E-state index in [1.165, 1.54) is 22.4 Å². The lowest BCUT2D eigenvalue weighted by atomic mass is 9.91. The van der Waals surface area contributed by atoms with Crippen LogP contribution in [0.15, 0.2) is 48.8 Å². The number of likely N-dealkylation sites (tertiary alicyclic amines) is 1. The molecule has 6 nitrogen and oxygen atoms in total. The molecule has 0 N–H and O–H groups in total. The van der Waals surface area contributed by atoms with Gasteiger partial charge in [0.15, 0.2) is 0 Å². The van der Waals surface area contributed by atoms with Crippen molar-refractivity contribution in [1.82, 2.24) is 19.9 Å². The van der Waals surface area contributed by atoms with Crippen molar-refractivity contribution < 1.29 is 9.47 Å². The Balaban J connectivity index is 1.34. The van der Waals surface area contributed by atoms with E-state index in [4.69, 9.17) is 14.5 Å². The van der Waals surface area contributed by atoms with Gasteiger partial charge in [-0.2, -0.15) is 0 Å². The molecule has 33 heavy (non-hydrogen) atoms. The number of benzene rings is 1. The summed E-state index contributed by atoms with van der Waals surface area (Å²) >= 11 is 0. The van der Waals surface area contributed by atoms with Crippen LogP contribution in [0.3, 0.4) is 0 Å². The Morgan fingerprint density at radius 3 is 2.48 bits per heavy atom. The molecule has 174 valence electrons. The molecule has 6 heteroatoms. The Kier molecular flexibility index (Phi) is 8.02. The Hall–Kier alpha value is -2.83. The van der Waals surface area contributed by atoms with Gasteiger partial charge < -0.3 is 9.47 Å². The standard InChI is InChI=1S/C27H34N4O2/c1-20-13-22(14-21-5-4-6-25(15-21)33-3)16-26(30-20)24-7-10-31(11-8-24)19-23-17-28-27(29-18-23)9-12-32-2/h4-6,13,15-18,24H,7-12,14,19H2,1-3H3. The maximum atomic E-state index is 5.38. The average molecular weight is 447 g/mol. The number of aromatic nitrogens is 3. The van der Waals surface area contributed by atoms with Crippen molar-refractivity contribution in [2.75, 3.05) is 33.9 Å². The predicted octanol–water partition coefficient (Wildman–Crippen LogP) is 4.35. The van der Waals surface area contributed by atoms with Gasteiger partial charge in [-0.15, -0.1) is 0 Å². The molecule has 1 aliphatic heterocycles. The molecule has 0 spiro atoms. The first-order valence-electron chi connectivity index (χ1n) is 11.7. The minimum atomic E-state index is 0.512. The van der Waals surface area contributed by atoms with E-state index in [2.05, 4.69) is 52.1 Å². The highest BCUT2D eigenvalue weighted by atomic mass is 16.5.